The van der Waals surface area contributed by atoms with Crippen LogP contribution in [0.3, 0.4) is 0 Å². The minimum Gasteiger partial charge on any atom is -0.334 e. The smallest absolute Gasteiger partial charge is 0.315 e. The zero-order chi connectivity index (χ0) is 13.7. The molecule has 0 bridgehead atoms. The number of thiophene rings is 1. The first kappa shape index (κ1) is 13.6. The Labute approximate surface area is 117 Å². The molecule has 0 aliphatic carbocycles. The zero-order valence-electron chi connectivity index (χ0n) is 11.2. The van der Waals surface area contributed by atoms with Crippen LogP contribution >= 0.6 is 11.3 Å². The summed E-state index contributed by atoms with van der Waals surface area (Å²) in [6.45, 7) is 5.24. The molecular weight excluding hydrogens is 256 g/mol. The SMILES string of the molecule is Cc1cccc(CNC(=O)NCc2ccc(C)s2)c1. The Bertz CT molecular complexity index is 563. The van der Waals surface area contributed by atoms with E-state index >= 15 is 0 Å². The van der Waals surface area contributed by atoms with E-state index in [0.29, 0.717) is 13.1 Å². The molecule has 1 heterocycles. The summed E-state index contributed by atoms with van der Waals surface area (Å²) in [4.78, 5) is 14.1. The van der Waals surface area contributed by atoms with Crippen LogP contribution < -0.4 is 10.6 Å². The lowest BCUT2D eigenvalue weighted by atomic mass is 10.1. The highest BCUT2D eigenvalue weighted by Gasteiger charge is 2.02. The second-order valence-corrected chi connectivity index (χ2v) is 5.91. The number of rotatable bonds is 4. The monoisotopic (exact) mass is 274 g/mol. The van der Waals surface area contributed by atoms with Crippen molar-refractivity contribution in [3.8, 4) is 0 Å². The molecule has 0 fully saturated rings. The van der Waals surface area contributed by atoms with E-state index < -0.39 is 0 Å². The molecule has 0 saturated heterocycles. The minimum absolute atomic E-state index is 0.132. The number of hydrogen-bond donors (Lipinski definition) is 2. The van der Waals surface area contributed by atoms with Crippen LogP contribution in [0.25, 0.3) is 0 Å². The maximum Gasteiger partial charge on any atom is 0.315 e. The molecule has 1 aromatic heterocycles. The molecule has 0 saturated carbocycles. The Morgan fingerprint density at radius 1 is 1.11 bits per heavy atom. The summed E-state index contributed by atoms with van der Waals surface area (Å²) in [6, 6.07) is 12.1. The number of carbonyl (C=O) groups is 1. The van der Waals surface area contributed by atoms with Gasteiger partial charge in [-0.3, -0.25) is 0 Å². The number of amides is 2. The summed E-state index contributed by atoms with van der Waals surface area (Å²) >= 11 is 1.70. The molecule has 1 aromatic carbocycles. The van der Waals surface area contributed by atoms with Gasteiger partial charge in [0.15, 0.2) is 0 Å². The first-order chi connectivity index (χ1) is 9.13. The summed E-state index contributed by atoms with van der Waals surface area (Å²) in [5.41, 5.74) is 2.32. The summed E-state index contributed by atoms with van der Waals surface area (Å²) in [6.07, 6.45) is 0. The highest BCUT2D eigenvalue weighted by Crippen LogP contribution is 2.14. The lowest BCUT2D eigenvalue weighted by molar-refractivity contribution is 0.240. The van der Waals surface area contributed by atoms with Crippen molar-refractivity contribution < 1.29 is 4.79 Å². The summed E-state index contributed by atoms with van der Waals surface area (Å²) in [7, 11) is 0. The van der Waals surface area contributed by atoms with Gasteiger partial charge in [-0.15, -0.1) is 11.3 Å². The molecule has 2 N–H and O–H groups in total. The first-order valence-electron chi connectivity index (χ1n) is 6.26. The van der Waals surface area contributed by atoms with Crippen LogP contribution in [-0.4, -0.2) is 6.03 Å². The summed E-state index contributed by atoms with van der Waals surface area (Å²) < 4.78 is 0. The molecule has 0 atom stereocenters. The molecule has 0 spiro atoms. The van der Waals surface area contributed by atoms with Gasteiger partial charge in [-0.2, -0.15) is 0 Å². The number of hydrogen-bond acceptors (Lipinski definition) is 2. The van der Waals surface area contributed by atoms with Crippen molar-refractivity contribution in [2.45, 2.75) is 26.9 Å². The van der Waals surface area contributed by atoms with Gasteiger partial charge in [0.05, 0.1) is 6.54 Å². The zero-order valence-corrected chi connectivity index (χ0v) is 12.0. The predicted molar refractivity (Wildman–Crippen MR) is 79.3 cm³/mol. The maximum absolute atomic E-state index is 11.7. The Morgan fingerprint density at radius 3 is 2.58 bits per heavy atom. The van der Waals surface area contributed by atoms with Crippen LogP contribution in [0.15, 0.2) is 36.4 Å². The molecule has 2 amide bonds. The summed E-state index contributed by atoms with van der Waals surface area (Å²) in [5, 5.41) is 5.72. The van der Waals surface area contributed by atoms with Gasteiger partial charge in [0, 0.05) is 16.3 Å². The average Bonchev–Trinajstić information content (AvgIpc) is 2.80. The third kappa shape index (κ3) is 4.41. The Hall–Kier alpha value is -1.81. The van der Waals surface area contributed by atoms with Gasteiger partial charge >= 0.3 is 6.03 Å². The van der Waals surface area contributed by atoms with E-state index in [9.17, 15) is 4.79 Å². The molecule has 0 aliphatic rings. The van der Waals surface area contributed by atoms with Gasteiger partial charge in [-0.25, -0.2) is 4.79 Å². The van der Waals surface area contributed by atoms with Crippen LogP contribution in [0.1, 0.15) is 20.9 Å². The fraction of sp³-hybridized carbons (Fsp3) is 0.267. The van der Waals surface area contributed by atoms with E-state index in [1.807, 2.05) is 31.2 Å². The van der Waals surface area contributed by atoms with Crippen molar-refractivity contribution in [2.24, 2.45) is 0 Å². The number of aryl methyl sites for hydroxylation is 2. The van der Waals surface area contributed by atoms with E-state index in [2.05, 4.69) is 29.7 Å². The molecule has 19 heavy (non-hydrogen) atoms. The van der Waals surface area contributed by atoms with Crippen LogP contribution in [0.4, 0.5) is 4.79 Å². The van der Waals surface area contributed by atoms with Crippen molar-refractivity contribution in [3.05, 3.63) is 57.3 Å². The number of benzene rings is 1. The van der Waals surface area contributed by atoms with Crippen molar-refractivity contribution >= 4 is 17.4 Å². The number of nitrogens with one attached hydrogen (secondary N) is 2. The van der Waals surface area contributed by atoms with Crippen molar-refractivity contribution in [1.29, 1.82) is 0 Å². The third-order valence-electron chi connectivity index (χ3n) is 2.75. The molecule has 0 radical (unpaired) electrons. The Morgan fingerprint density at radius 2 is 1.89 bits per heavy atom. The number of carbonyl (C=O) groups excluding carboxylic acids is 1. The van der Waals surface area contributed by atoms with Gasteiger partial charge in [0.25, 0.3) is 0 Å². The lowest BCUT2D eigenvalue weighted by Crippen LogP contribution is -2.34. The quantitative estimate of drug-likeness (QED) is 0.882. The Kier molecular flexibility index (Phi) is 4.58. The van der Waals surface area contributed by atoms with E-state index in [1.54, 1.807) is 11.3 Å². The van der Waals surface area contributed by atoms with E-state index in [4.69, 9.17) is 0 Å². The van der Waals surface area contributed by atoms with Crippen molar-refractivity contribution in [2.75, 3.05) is 0 Å². The minimum atomic E-state index is -0.132. The molecule has 0 unspecified atom stereocenters. The fourth-order valence-corrected chi connectivity index (χ4v) is 2.64. The molecule has 0 aliphatic heterocycles. The van der Waals surface area contributed by atoms with Gasteiger partial charge in [-0.1, -0.05) is 29.8 Å². The molecule has 100 valence electrons. The largest absolute Gasteiger partial charge is 0.334 e. The van der Waals surface area contributed by atoms with Crippen LogP contribution in [-0.2, 0) is 13.1 Å². The molecule has 3 nitrogen and oxygen atoms in total. The topological polar surface area (TPSA) is 41.1 Å². The highest BCUT2D eigenvalue weighted by atomic mass is 32.1. The molecule has 2 aromatic rings. The highest BCUT2D eigenvalue weighted by molar-refractivity contribution is 7.11. The van der Waals surface area contributed by atoms with Crippen LogP contribution in [0.2, 0.25) is 0 Å². The third-order valence-corrected chi connectivity index (χ3v) is 3.76. The van der Waals surface area contributed by atoms with Crippen LogP contribution in [0.5, 0.6) is 0 Å². The first-order valence-corrected chi connectivity index (χ1v) is 7.08. The fourth-order valence-electron chi connectivity index (χ4n) is 1.81. The molecular formula is C15H18N2OS. The van der Waals surface area contributed by atoms with Crippen LogP contribution in [0, 0.1) is 13.8 Å². The molecule has 2 rings (SSSR count). The lowest BCUT2D eigenvalue weighted by Gasteiger charge is -2.07. The normalized spacial score (nSPS) is 10.2. The maximum atomic E-state index is 11.7. The van der Waals surface area contributed by atoms with Gasteiger partial charge in [0.2, 0.25) is 0 Å². The van der Waals surface area contributed by atoms with Gasteiger partial charge < -0.3 is 10.6 Å². The molecule has 4 heteroatoms. The van der Waals surface area contributed by atoms with Gasteiger partial charge in [0.1, 0.15) is 0 Å². The second kappa shape index (κ2) is 6.38. The van der Waals surface area contributed by atoms with E-state index in [1.165, 1.54) is 15.3 Å². The van der Waals surface area contributed by atoms with E-state index in [-0.39, 0.29) is 6.03 Å². The Balaban J connectivity index is 1.75. The average molecular weight is 274 g/mol. The standard InChI is InChI=1S/C15H18N2OS/c1-11-4-3-5-13(8-11)9-16-15(18)17-10-14-7-6-12(2)19-14/h3-8H,9-10H2,1-2H3,(H2,16,17,18). The van der Waals surface area contributed by atoms with Crippen molar-refractivity contribution in [1.82, 2.24) is 10.6 Å². The van der Waals surface area contributed by atoms with Gasteiger partial charge in [-0.05, 0) is 31.5 Å². The summed E-state index contributed by atoms with van der Waals surface area (Å²) in [5.74, 6) is 0. The predicted octanol–water partition coefficient (Wildman–Crippen LogP) is 3.36. The van der Waals surface area contributed by atoms with Crippen molar-refractivity contribution in [3.63, 3.8) is 0 Å². The second-order valence-electron chi connectivity index (χ2n) is 4.54. The number of urea groups is 1. The van der Waals surface area contributed by atoms with E-state index in [0.717, 1.165) is 5.56 Å².